The predicted octanol–water partition coefficient (Wildman–Crippen LogP) is 12.6. The first kappa shape index (κ1) is 14.7. The van der Waals surface area contributed by atoms with Crippen LogP contribution in [0.4, 0.5) is 0 Å². The van der Waals surface area contributed by atoms with E-state index in [-0.39, 0.29) is 51.2 Å². The molecular weight excluding hydrogens is 544 g/mol. The van der Waals surface area contributed by atoms with E-state index in [9.17, 15) is 5.48 Å². The van der Waals surface area contributed by atoms with Gasteiger partial charge in [0.1, 0.15) is 11.2 Å². The number of benzene rings is 8. The Kier molecular flexibility index (Phi) is 3.39. The molecule has 1 heteroatoms. The summed E-state index contributed by atoms with van der Waals surface area (Å²) < 4.78 is 138. The van der Waals surface area contributed by atoms with E-state index >= 15 is 0 Å². The van der Waals surface area contributed by atoms with Crippen molar-refractivity contribution in [3.63, 3.8) is 0 Å². The normalized spacial score (nSPS) is 16.2. The van der Waals surface area contributed by atoms with Crippen LogP contribution in [0.1, 0.15) is 20.6 Å². The maximum atomic E-state index is 9.65. The summed E-state index contributed by atoms with van der Waals surface area (Å²) in [5.74, 6) is 0. The summed E-state index contributed by atoms with van der Waals surface area (Å²) in [5, 5.41) is 2.17. The first-order chi connectivity index (χ1) is 28.6. The molecule has 45 heavy (non-hydrogen) atoms. The molecule has 8 aromatic carbocycles. The summed E-state index contributed by atoms with van der Waals surface area (Å²) >= 11 is 0. The summed E-state index contributed by atoms with van der Waals surface area (Å²) in [5.41, 5.74) is 0.728. The van der Waals surface area contributed by atoms with E-state index in [1.807, 2.05) is 0 Å². The molecule has 0 bridgehead atoms. The summed E-state index contributed by atoms with van der Waals surface area (Å²) in [6.45, 7) is 0. The molecule has 0 fully saturated rings. The second-order valence-corrected chi connectivity index (χ2v) is 10.5. The molecule has 0 aliphatic heterocycles. The molecule has 0 aliphatic rings. The van der Waals surface area contributed by atoms with Crippen molar-refractivity contribution < 1.29 is 25.0 Å². The zero-order chi connectivity index (χ0) is 42.8. The van der Waals surface area contributed by atoms with Gasteiger partial charge in [0, 0.05) is 16.3 Å². The van der Waals surface area contributed by atoms with Gasteiger partial charge < -0.3 is 4.42 Å². The minimum absolute atomic E-state index is 0.0534. The summed E-state index contributed by atoms with van der Waals surface area (Å²) in [6, 6.07) is 15.0. The third-order valence-electron chi connectivity index (χ3n) is 8.00. The van der Waals surface area contributed by atoms with E-state index in [2.05, 4.69) is 0 Å². The molecule has 0 N–H and O–H groups in total. The zero-order valence-electron chi connectivity index (χ0n) is 38.4. The van der Waals surface area contributed by atoms with E-state index in [1.54, 1.807) is 78.9 Å². The molecule has 0 radical (unpaired) electrons. The fourth-order valence-corrected chi connectivity index (χ4v) is 6.14. The molecule has 9 aromatic rings. The lowest BCUT2D eigenvalue weighted by Crippen LogP contribution is -1.93. The molecular formula is C44H28O. The largest absolute Gasteiger partial charge is 0.456 e. The van der Waals surface area contributed by atoms with Gasteiger partial charge in [-0.2, -0.15) is 0 Å². The van der Waals surface area contributed by atoms with Gasteiger partial charge in [0.05, 0.1) is 20.6 Å². The lowest BCUT2D eigenvalue weighted by molar-refractivity contribution is 0.669. The van der Waals surface area contributed by atoms with Crippen molar-refractivity contribution in [1.82, 2.24) is 0 Å². The highest BCUT2D eigenvalue weighted by Gasteiger charge is 2.22. The molecule has 210 valence electrons. The second-order valence-electron chi connectivity index (χ2n) is 10.5. The maximum absolute atomic E-state index is 9.65. The Morgan fingerprint density at radius 3 is 1.60 bits per heavy atom. The Balaban J connectivity index is 1.46. The van der Waals surface area contributed by atoms with Crippen LogP contribution in [0.25, 0.3) is 88.0 Å². The van der Waals surface area contributed by atoms with Crippen LogP contribution in [0.5, 0.6) is 0 Å². The van der Waals surface area contributed by atoms with Gasteiger partial charge in [-0.3, -0.25) is 0 Å². The highest BCUT2D eigenvalue weighted by molar-refractivity contribution is 6.25. The monoisotopic (exact) mass is 587 g/mol. The van der Waals surface area contributed by atoms with Crippen LogP contribution in [0.15, 0.2) is 174 Å². The van der Waals surface area contributed by atoms with Crippen LogP contribution in [0.2, 0.25) is 0 Å². The quantitative estimate of drug-likeness (QED) is 0.187. The summed E-state index contributed by atoms with van der Waals surface area (Å²) in [4.78, 5) is 0. The molecule has 0 atom stereocenters. The van der Waals surface area contributed by atoms with Gasteiger partial charge in [-0.15, -0.1) is 0 Å². The fourth-order valence-electron chi connectivity index (χ4n) is 6.14. The third-order valence-corrected chi connectivity index (χ3v) is 8.00. The minimum atomic E-state index is -0.680. The van der Waals surface area contributed by atoms with Gasteiger partial charge in [0.15, 0.2) is 0 Å². The average molecular weight is 588 g/mol. The highest BCUT2D eigenvalue weighted by atomic mass is 16.3. The molecule has 0 spiro atoms. The van der Waals surface area contributed by atoms with Crippen molar-refractivity contribution in [2.75, 3.05) is 0 Å². The molecule has 0 saturated heterocycles. The van der Waals surface area contributed by atoms with E-state index in [0.717, 1.165) is 0 Å². The number of hydrogen-bond donors (Lipinski definition) is 0. The van der Waals surface area contributed by atoms with Gasteiger partial charge >= 0.3 is 0 Å². The van der Waals surface area contributed by atoms with Gasteiger partial charge in [-0.1, -0.05) is 151 Å². The van der Waals surface area contributed by atoms with Gasteiger partial charge in [-0.05, 0) is 78.6 Å². The molecule has 1 nitrogen and oxygen atoms in total. The number of para-hydroxylation sites is 1. The maximum Gasteiger partial charge on any atom is 0.136 e. The standard InChI is InChI=1S/C44H28O/c1-3-13-29(14-4-1)30-23-25-32(26-24-30)41-33-17-7-9-19-35(33)43(36-20-10-8-18-34(36)41)38-27-28-40-44(37-21-11-12-22-39(37)45-40)42(38)31-15-5-2-6-16-31/h1-28H/i1D,3D,4D,11D,12D,13D,14D,21D,22D,23D,24D,25D,26D,27D,28D. The van der Waals surface area contributed by atoms with Gasteiger partial charge in [0.25, 0.3) is 0 Å². The smallest absolute Gasteiger partial charge is 0.136 e. The molecule has 1 heterocycles. The van der Waals surface area contributed by atoms with Crippen molar-refractivity contribution in [3.8, 4) is 44.5 Å². The first-order valence-electron chi connectivity index (χ1n) is 21.7. The zero-order valence-corrected chi connectivity index (χ0v) is 23.4. The second kappa shape index (κ2) is 10.4. The summed E-state index contributed by atoms with van der Waals surface area (Å²) in [6.07, 6.45) is 0. The third kappa shape index (κ3) is 4.09. The van der Waals surface area contributed by atoms with Crippen molar-refractivity contribution in [3.05, 3.63) is 169 Å². The van der Waals surface area contributed by atoms with E-state index < -0.39 is 83.6 Å². The van der Waals surface area contributed by atoms with E-state index in [1.165, 1.54) is 0 Å². The number of rotatable bonds is 4. The Labute approximate surface area is 282 Å². The minimum Gasteiger partial charge on any atom is -0.456 e. The Bertz CT molecular complexity index is 3260. The molecule has 0 aliphatic carbocycles. The number of furan rings is 1. The fraction of sp³-hybridized carbons (Fsp3) is 0. The SMILES string of the molecule is [2H]c1c([2H])c([2H])c(-c2c([2H])c([2H])c(-c3c4ccccc4c(-c4c([2H])c([2H])c5oc6c([2H])c([2H])c([2H])c([2H])c6c5c4-c4ccccc4)c4ccccc34)c([2H])c2[2H])c([2H])c1[2H]. The predicted molar refractivity (Wildman–Crippen MR) is 190 cm³/mol. The lowest BCUT2D eigenvalue weighted by atomic mass is 9.82. The topological polar surface area (TPSA) is 13.1 Å². The van der Waals surface area contributed by atoms with Gasteiger partial charge in [-0.25, -0.2) is 0 Å². The van der Waals surface area contributed by atoms with E-state index in [4.69, 9.17) is 19.5 Å². The van der Waals surface area contributed by atoms with Crippen LogP contribution >= 0.6 is 0 Å². The Hall–Kier alpha value is -5.92. The Morgan fingerprint density at radius 2 is 0.911 bits per heavy atom. The van der Waals surface area contributed by atoms with Gasteiger partial charge in [0.2, 0.25) is 0 Å². The Morgan fingerprint density at radius 1 is 0.356 bits per heavy atom. The molecule has 1 aromatic heterocycles. The van der Waals surface area contributed by atoms with Crippen LogP contribution in [-0.4, -0.2) is 0 Å². The number of hydrogen-bond acceptors (Lipinski definition) is 1. The molecule has 0 saturated carbocycles. The van der Waals surface area contributed by atoms with Crippen molar-refractivity contribution in [2.45, 2.75) is 0 Å². The van der Waals surface area contributed by atoms with Crippen LogP contribution in [0.3, 0.4) is 0 Å². The number of fused-ring (bicyclic) bond motifs is 5. The van der Waals surface area contributed by atoms with Crippen molar-refractivity contribution in [2.24, 2.45) is 0 Å². The highest BCUT2D eigenvalue weighted by Crippen LogP contribution is 2.49. The van der Waals surface area contributed by atoms with Crippen LogP contribution in [0, 0.1) is 0 Å². The molecule has 0 unspecified atom stereocenters. The average Bonchev–Trinajstić information content (AvgIpc) is 3.66. The van der Waals surface area contributed by atoms with Crippen LogP contribution in [-0.2, 0) is 0 Å². The molecule has 0 amide bonds. The van der Waals surface area contributed by atoms with E-state index in [0.29, 0.717) is 43.8 Å². The lowest BCUT2D eigenvalue weighted by Gasteiger charge is -2.20. The van der Waals surface area contributed by atoms with Crippen LogP contribution < -0.4 is 0 Å². The van der Waals surface area contributed by atoms with Crippen molar-refractivity contribution in [1.29, 1.82) is 0 Å². The first-order valence-corrected chi connectivity index (χ1v) is 14.2. The molecule has 9 rings (SSSR count). The summed E-state index contributed by atoms with van der Waals surface area (Å²) in [7, 11) is 0. The van der Waals surface area contributed by atoms with Crippen molar-refractivity contribution >= 4 is 43.5 Å².